The van der Waals surface area contributed by atoms with Crippen molar-refractivity contribution in [1.29, 1.82) is 0 Å². The molecular formula is C12H21N5O2. The molecule has 0 saturated carbocycles. The molecule has 1 aromatic heterocycles. The number of hydrogen-bond acceptors (Lipinski definition) is 5. The molecule has 7 nitrogen and oxygen atoms in total. The van der Waals surface area contributed by atoms with Gasteiger partial charge in [-0.1, -0.05) is 0 Å². The van der Waals surface area contributed by atoms with Crippen LogP contribution in [0.5, 0.6) is 0 Å². The molecule has 1 aliphatic rings. The second kappa shape index (κ2) is 5.56. The van der Waals surface area contributed by atoms with E-state index in [1.54, 1.807) is 4.90 Å². The summed E-state index contributed by atoms with van der Waals surface area (Å²) in [4.78, 5) is 17.5. The summed E-state index contributed by atoms with van der Waals surface area (Å²) in [5.74, 6) is 0.871. The molecule has 1 aromatic rings. The highest BCUT2D eigenvalue weighted by Crippen LogP contribution is 2.14. The maximum atomic E-state index is 11.7. The molecule has 0 aliphatic carbocycles. The fourth-order valence-corrected chi connectivity index (χ4v) is 1.83. The highest BCUT2D eigenvalue weighted by molar-refractivity contribution is 5.69. The minimum absolute atomic E-state index is 0.235. The molecule has 0 bridgehead atoms. The topological polar surface area (TPSA) is 83.1 Å². The van der Waals surface area contributed by atoms with Crippen molar-refractivity contribution in [2.75, 3.05) is 19.6 Å². The fourth-order valence-electron chi connectivity index (χ4n) is 1.83. The number of carbonyl (C=O) groups excluding carboxylic acids is 1. The van der Waals surface area contributed by atoms with E-state index in [9.17, 15) is 4.79 Å². The Morgan fingerprint density at radius 3 is 2.89 bits per heavy atom. The highest BCUT2D eigenvalue weighted by Gasteiger charge is 2.33. The zero-order valence-electron chi connectivity index (χ0n) is 11.6. The van der Waals surface area contributed by atoms with Crippen molar-refractivity contribution in [3.8, 4) is 0 Å². The van der Waals surface area contributed by atoms with Crippen molar-refractivity contribution in [2.45, 2.75) is 38.8 Å². The molecule has 0 spiro atoms. The molecule has 19 heavy (non-hydrogen) atoms. The van der Waals surface area contributed by atoms with Crippen LogP contribution in [-0.2, 0) is 11.2 Å². The van der Waals surface area contributed by atoms with E-state index in [0.29, 0.717) is 19.1 Å². The number of amides is 1. The predicted molar refractivity (Wildman–Crippen MR) is 69.7 cm³/mol. The van der Waals surface area contributed by atoms with Crippen LogP contribution in [0.3, 0.4) is 0 Å². The number of likely N-dealkylation sites (tertiary alicyclic amines) is 1. The Morgan fingerprint density at radius 1 is 1.58 bits per heavy atom. The molecular weight excluding hydrogens is 246 g/mol. The molecule has 1 aliphatic heterocycles. The average molecular weight is 267 g/mol. The Labute approximate surface area is 112 Å². The zero-order chi connectivity index (χ0) is 13.9. The van der Waals surface area contributed by atoms with Crippen LogP contribution in [0.15, 0.2) is 6.33 Å². The molecule has 0 atom stereocenters. The van der Waals surface area contributed by atoms with Gasteiger partial charge in [-0.2, -0.15) is 5.10 Å². The van der Waals surface area contributed by atoms with E-state index in [0.717, 1.165) is 18.8 Å². The van der Waals surface area contributed by atoms with E-state index in [4.69, 9.17) is 4.74 Å². The minimum Gasteiger partial charge on any atom is -0.444 e. The molecule has 2 rings (SSSR count). The molecule has 7 heteroatoms. The number of ether oxygens (including phenoxy) is 1. The molecule has 2 heterocycles. The van der Waals surface area contributed by atoms with Crippen molar-refractivity contribution < 1.29 is 9.53 Å². The second-order valence-corrected chi connectivity index (χ2v) is 5.72. The first-order chi connectivity index (χ1) is 8.94. The third-order valence-electron chi connectivity index (χ3n) is 2.79. The Morgan fingerprint density at radius 2 is 2.32 bits per heavy atom. The van der Waals surface area contributed by atoms with Crippen molar-refractivity contribution >= 4 is 6.09 Å². The Bertz CT molecular complexity index is 406. The summed E-state index contributed by atoms with van der Waals surface area (Å²) >= 11 is 0. The molecule has 0 aromatic carbocycles. The summed E-state index contributed by atoms with van der Waals surface area (Å²) in [6.07, 6.45) is 2.08. The van der Waals surface area contributed by atoms with Gasteiger partial charge in [0.2, 0.25) is 0 Å². The van der Waals surface area contributed by atoms with Crippen LogP contribution in [0.2, 0.25) is 0 Å². The van der Waals surface area contributed by atoms with Gasteiger partial charge < -0.3 is 15.0 Å². The lowest BCUT2D eigenvalue weighted by atomic mass is 10.1. The second-order valence-electron chi connectivity index (χ2n) is 5.72. The number of H-pyrrole nitrogens is 1. The van der Waals surface area contributed by atoms with E-state index >= 15 is 0 Å². The van der Waals surface area contributed by atoms with Gasteiger partial charge in [0, 0.05) is 32.1 Å². The predicted octanol–water partition coefficient (Wildman–Crippen LogP) is 0.556. The van der Waals surface area contributed by atoms with Crippen LogP contribution < -0.4 is 5.32 Å². The lowest BCUT2D eigenvalue weighted by molar-refractivity contribution is 0.00541. The summed E-state index contributed by atoms with van der Waals surface area (Å²) in [5, 5.41) is 9.97. The molecule has 1 amide bonds. The normalized spacial score (nSPS) is 16.3. The third-order valence-corrected chi connectivity index (χ3v) is 2.79. The lowest BCUT2D eigenvalue weighted by Gasteiger charge is -2.40. The van der Waals surface area contributed by atoms with Gasteiger partial charge in [-0.15, -0.1) is 0 Å². The molecule has 0 unspecified atom stereocenters. The van der Waals surface area contributed by atoms with Crippen LogP contribution in [0.25, 0.3) is 0 Å². The zero-order valence-corrected chi connectivity index (χ0v) is 11.6. The van der Waals surface area contributed by atoms with Crippen LogP contribution in [0.1, 0.15) is 26.6 Å². The number of nitrogens with one attached hydrogen (secondary N) is 2. The molecule has 1 fully saturated rings. The minimum atomic E-state index is -0.429. The number of carbonyl (C=O) groups is 1. The monoisotopic (exact) mass is 267 g/mol. The number of aromatic nitrogens is 3. The van der Waals surface area contributed by atoms with Crippen molar-refractivity contribution in [3.05, 3.63) is 12.2 Å². The quantitative estimate of drug-likeness (QED) is 0.832. The van der Waals surface area contributed by atoms with Gasteiger partial charge >= 0.3 is 6.09 Å². The number of rotatable bonds is 4. The maximum Gasteiger partial charge on any atom is 0.410 e. The number of nitrogens with zero attached hydrogens (tertiary/aromatic N) is 3. The summed E-state index contributed by atoms with van der Waals surface area (Å²) in [7, 11) is 0. The van der Waals surface area contributed by atoms with Crippen LogP contribution in [0.4, 0.5) is 4.79 Å². The van der Waals surface area contributed by atoms with Gasteiger partial charge in [0.15, 0.2) is 0 Å². The number of hydrogen-bond donors (Lipinski definition) is 2. The largest absolute Gasteiger partial charge is 0.444 e. The van der Waals surface area contributed by atoms with E-state index in [2.05, 4.69) is 20.5 Å². The molecule has 2 N–H and O–H groups in total. The smallest absolute Gasteiger partial charge is 0.410 e. The standard InChI is InChI=1S/C12H21N5O2/c1-12(2,3)19-11(18)17-6-9(7-17)13-5-4-10-14-8-15-16-10/h8-9,13H,4-7H2,1-3H3,(H,14,15,16). The summed E-state index contributed by atoms with van der Waals surface area (Å²) < 4.78 is 5.29. The lowest BCUT2D eigenvalue weighted by Crippen LogP contribution is -2.60. The van der Waals surface area contributed by atoms with Crippen molar-refractivity contribution in [1.82, 2.24) is 25.4 Å². The van der Waals surface area contributed by atoms with E-state index < -0.39 is 5.60 Å². The molecule has 106 valence electrons. The number of aromatic amines is 1. The summed E-state index contributed by atoms with van der Waals surface area (Å²) in [6.45, 7) is 7.84. The fraction of sp³-hybridized carbons (Fsp3) is 0.750. The Hall–Kier alpha value is -1.63. The molecule has 1 saturated heterocycles. The summed E-state index contributed by atoms with van der Waals surface area (Å²) in [6, 6.07) is 0.343. The Kier molecular flexibility index (Phi) is 4.04. The van der Waals surface area contributed by atoms with Crippen molar-refractivity contribution in [3.63, 3.8) is 0 Å². The summed E-state index contributed by atoms with van der Waals surface area (Å²) in [5.41, 5.74) is -0.429. The Balaban J connectivity index is 1.60. The van der Waals surface area contributed by atoms with Gasteiger partial charge in [-0.25, -0.2) is 9.78 Å². The average Bonchev–Trinajstić information content (AvgIpc) is 2.71. The van der Waals surface area contributed by atoms with Crippen LogP contribution >= 0.6 is 0 Å². The highest BCUT2D eigenvalue weighted by atomic mass is 16.6. The van der Waals surface area contributed by atoms with Crippen molar-refractivity contribution in [2.24, 2.45) is 0 Å². The van der Waals surface area contributed by atoms with E-state index in [1.807, 2.05) is 20.8 Å². The van der Waals surface area contributed by atoms with E-state index in [-0.39, 0.29) is 6.09 Å². The van der Waals surface area contributed by atoms with Gasteiger partial charge in [0.1, 0.15) is 17.8 Å². The van der Waals surface area contributed by atoms with Gasteiger partial charge in [-0.05, 0) is 20.8 Å². The van der Waals surface area contributed by atoms with Gasteiger partial charge in [-0.3, -0.25) is 5.10 Å². The first kappa shape index (κ1) is 13.8. The first-order valence-corrected chi connectivity index (χ1v) is 6.49. The first-order valence-electron chi connectivity index (χ1n) is 6.49. The van der Waals surface area contributed by atoms with Gasteiger partial charge in [0.25, 0.3) is 0 Å². The molecule has 0 radical (unpaired) electrons. The van der Waals surface area contributed by atoms with Crippen LogP contribution in [-0.4, -0.2) is 57.5 Å². The third kappa shape index (κ3) is 4.20. The van der Waals surface area contributed by atoms with Crippen LogP contribution in [0, 0.1) is 0 Å². The maximum absolute atomic E-state index is 11.7. The van der Waals surface area contributed by atoms with Gasteiger partial charge in [0.05, 0.1) is 0 Å². The SMILES string of the molecule is CC(C)(C)OC(=O)N1CC(NCCc2ncn[nH]2)C1. The van der Waals surface area contributed by atoms with E-state index in [1.165, 1.54) is 6.33 Å².